The molecule has 1 unspecified atom stereocenters. The lowest BCUT2D eigenvalue weighted by Crippen LogP contribution is -2.33. The van der Waals surface area contributed by atoms with Crippen molar-refractivity contribution in [3.05, 3.63) is 71.8 Å². The average Bonchev–Trinajstić information content (AvgIpc) is 3.03. The van der Waals surface area contributed by atoms with E-state index in [1.165, 1.54) is 0 Å². The van der Waals surface area contributed by atoms with Crippen LogP contribution in [0.2, 0.25) is 0 Å². The molecule has 0 saturated heterocycles. The normalized spacial score (nSPS) is 17.2. The van der Waals surface area contributed by atoms with E-state index in [9.17, 15) is 5.26 Å². The van der Waals surface area contributed by atoms with Crippen molar-refractivity contribution >= 4 is 5.84 Å². The molecule has 0 saturated carbocycles. The first kappa shape index (κ1) is 15.3. The lowest BCUT2D eigenvalue weighted by molar-refractivity contribution is 0.494. The average molecular weight is 303 g/mol. The number of aliphatic imine (C=N–C) groups is 1. The Morgan fingerprint density at radius 3 is 2.09 bits per heavy atom. The van der Waals surface area contributed by atoms with E-state index >= 15 is 0 Å². The van der Waals surface area contributed by atoms with E-state index in [4.69, 9.17) is 0 Å². The maximum Gasteiger partial charge on any atom is 0.107 e. The number of amidine groups is 1. The van der Waals surface area contributed by atoms with Crippen molar-refractivity contribution in [1.82, 2.24) is 5.32 Å². The standard InChI is InChI=1S/C20H21N3/c1-16-22-14-19(23-16)12-13-20(15-21,17-8-4-2-5-9-17)18-10-6-3-7-11-18/h2-11,19H,12-14H2,1H3,(H,22,23). The summed E-state index contributed by atoms with van der Waals surface area (Å²) in [7, 11) is 0. The summed E-state index contributed by atoms with van der Waals surface area (Å²) in [6.07, 6.45) is 1.69. The van der Waals surface area contributed by atoms with Crippen molar-refractivity contribution in [2.75, 3.05) is 6.54 Å². The summed E-state index contributed by atoms with van der Waals surface area (Å²) in [5, 5.41) is 13.5. The summed E-state index contributed by atoms with van der Waals surface area (Å²) in [6.45, 7) is 2.79. The van der Waals surface area contributed by atoms with Crippen LogP contribution in [0.3, 0.4) is 0 Å². The Balaban J connectivity index is 1.92. The van der Waals surface area contributed by atoms with Crippen LogP contribution < -0.4 is 5.32 Å². The smallest absolute Gasteiger partial charge is 0.107 e. The first-order valence-electron chi connectivity index (χ1n) is 8.04. The van der Waals surface area contributed by atoms with Crippen molar-refractivity contribution < 1.29 is 0 Å². The van der Waals surface area contributed by atoms with E-state index in [2.05, 4.69) is 40.6 Å². The maximum atomic E-state index is 10.1. The van der Waals surface area contributed by atoms with E-state index in [1.54, 1.807) is 0 Å². The summed E-state index contributed by atoms with van der Waals surface area (Å²) in [6, 6.07) is 23.2. The van der Waals surface area contributed by atoms with Crippen LogP contribution in [-0.2, 0) is 5.41 Å². The number of nitrogens with zero attached hydrogens (tertiary/aromatic N) is 2. The fraction of sp³-hybridized carbons (Fsp3) is 0.300. The van der Waals surface area contributed by atoms with Crippen molar-refractivity contribution in [1.29, 1.82) is 5.26 Å². The molecule has 23 heavy (non-hydrogen) atoms. The number of rotatable bonds is 5. The van der Waals surface area contributed by atoms with E-state index in [0.717, 1.165) is 36.3 Å². The molecule has 0 radical (unpaired) electrons. The highest BCUT2D eigenvalue weighted by Crippen LogP contribution is 2.36. The van der Waals surface area contributed by atoms with E-state index < -0.39 is 5.41 Å². The number of hydrogen-bond donors (Lipinski definition) is 1. The fourth-order valence-electron chi connectivity index (χ4n) is 3.27. The molecule has 1 aliphatic rings. The number of nitriles is 1. The highest BCUT2D eigenvalue weighted by atomic mass is 15.1. The molecule has 0 amide bonds. The van der Waals surface area contributed by atoms with Gasteiger partial charge in [0, 0.05) is 6.04 Å². The van der Waals surface area contributed by atoms with Crippen LogP contribution in [0.4, 0.5) is 0 Å². The van der Waals surface area contributed by atoms with Gasteiger partial charge in [0.2, 0.25) is 0 Å². The molecule has 1 N–H and O–H groups in total. The summed E-state index contributed by atoms with van der Waals surface area (Å²) in [5.74, 6) is 0.997. The first-order valence-corrected chi connectivity index (χ1v) is 8.04. The number of nitrogens with one attached hydrogen (secondary N) is 1. The van der Waals surface area contributed by atoms with Crippen molar-refractivity contribution in [2.45, 2.75) is 31.2 Å². The second kappa shape index (κ2) is 6.66. The molecule has 116 valence electrons. The minimum atomic E-state index is -0.610. The molecule has 1 aliphatic heterocycles. The quantitative estimate of drug-likeness (QED) is 0.916. The Hall–Kier alpha value is -2.60. The third-order valence-corrected chi connectivity index (χ3v) is 4.55. The van der Waals surface area contributed by atoms with Gasteiger partial charge in [-0.15, -0.1) is 0 Å². The molecule has 0 fully saturated rings. The van der Waals surface area contributed by atoms with Gasteiger partial charge in [-0.2, -0.15) is 5.26 Å². The molecule has 3 heteroatoms. The van der Waals surface area contributed by atoms with Gasteiger partial charge in [0.1, 0.15) is 5.41 Å². The lowest BCUT2D eigenvalue weighted by Gasteiger charge is -2.29. The number of hydrogen-bond acceptors (Lipinski definition) is 3. The first-order chi connectivity index (χ1) is 11.2. The monoisotopic (exact) mass is 303 g/mol. The fourth-order valence-corrected chi connectivity index (χ4v) is 3.27. The van der Waals surface area contributed by atoms with Crippen molar-refractivity contribution in [3.63, 3.8) is 0 Å². The molecule has 2 aromatic carbocycles. The lowest BCUT2D eigenvalue weighted by atomic mass is 9.72. The molecular formula is C20H21N3. The maximum absolute atomic E-state index is 10.1. The Bertz CT molecular complexity index is 674. The van der Waals surface area contributed by atoms with Crippen LogP contribution in [0.15, 0.2) is 65.7 Å². The Morgan fingerprint density at radius 1 is 1.09 bits per heavy atom. The van der Waals surface area contributed by atoms with Gasteiger partial charge in [0.25, 0.3) is 0 Å². The third kappa shape index (κ3) is 3.12. The Kier molecular flexibility index (Phi) is 4.43. The molecule has 0 aliphatic carbocycles. The molecule has 3 nitrogen and oxygen atoms in total. The molecule has 1 heterocycles. The van der Waals surface area contributed by atoms with E-state index in [1.807, 2.05) is 43.3 Å². The Morgan fingerprint density at radius 2 is 1.65 bits per heavy atom. The molecular weight excluding hydrogens is 282 g/mol. The molecule has 3 rings (SSSR count). The van der Waals surface area contributed by atoms with Gasteiger partial charge in [0.05, 0.1) is 18.4 Å². The second-order valence-electron chi connectivity index (χ2n) is 6.06. The zero-order chi connectivity index (χ0) is 16.1. The summed E-state index contributed by atoms with van der Waals surface area (Å²) in [4.78, 5) is 4.41. The van der Waals surface area contributed by atoms with Gasteiger partial charge in [-0.3, -0.25) is 4.99 Å². The van der Waals surface area contributed by atoms with Gasteiger partial charge in [-0.05, 0) is 30.9 Å². The van der Waals surface area contributed by atoms with Crippen LogP contribution in [0.5, 0.6) is 0 Å². The minimum absolute atomic E-state index is 0.329. The third-order valence-electron chi connectivity index (χ3n) is 4.55. The minimum Gasteiger partial charge on any atom is -0.369 e. The molecule has 0 spiro atoms. The van der Waals surface area contributed by atoms with Gasteiger partial charge in [0.15, 0.2) is 0 Å². The van der Waals surface area contributed by atoms with Gasteiger partial charge < -0.3 is 5.32 Å². The SMILES string of the molecule is CC1=NCC(CCC(C#N)(c2ccccc2)c2ccccc2)N1. The van der Waals surface area contributed by atoms with Crippen LogP contribution in [0.1, 0.15) is 30.9 Å². The summed E-state index contributed by atoms with van der Waals surface area (Å²) in [5.41, 5.74) is 1.51. The van der Waals surface area contributed by atoms with Gasteiger partial charge in [-0.25, -0.2) is 0 Å². The van der Waals surface area contributed by atoms with Crippen molar-refractivity contribution in [3.8, 4) is 6.07 Å². The predicted octanol–water partition coefficient (Wildman–Crippen LogP) is 3.67. The summed E-state index contributed by atoms with van der Waals surface area (Å²) < 4.78 is 0. The molecule has 0 bridgehead atoms. The van der Waals surface area contributed by atoms with Crippen LogP contribution >= 0.6 is 0 Å². The largest absolute Gasteiger partial charge is 0.369 e. The highest BCUT2D eigenvalue weighted by Gasteiger charge is 2.35. The molecule has 2 aromatic rings. The topological polar surface area (TPSA) is 48.2 Å². The van der Waals surface area contributed by atoms with E-state index in [-0.39, 0.29) is 0 Å². The number of benzene rings is 2. The Labute approximate surface area is 137 Å². The predicted molar refractivity (Wildman–Crippen MR) is 93.4 cm³/mol. The van der Waals surface area contributed by atoms with Crippen LogP contribution in [0, 0.1) is 11.3 Å². The zero-order valence-corrected chi connectivity index (χ0v) is 13.4. The van der Waals surface area contributed by atoms with Crippen LogP contribution in [0.25, 0.3) is 0 Å². The summed E-state index contributed by atoms with van der Waals surface area (Å²) >= 11 is 0. The van der Waals surface area contributed by atoms with Gasteiger partial charge in [-0.1, -0.05) is 60.7 Å². The second-order valence-corrected chi connectivity index (χ2v) is 6.06. The van der Waals surface area contributed by atoms with Crippen LogP contribution in [-0.4, -0.2) is 18.4 Å². The molecule has 0 aromatic heterocycles. The zero-order valence-electron chi connectivity index (χ0n) is 13.4. The van der Waals surface area contributed by atoms with Crippen molar-refractivity contribution in [2.24, 2.45) is 4.99 Å². The highest BCUT2D eigenvalue weighted by molar-refractivity contribution is 5.81. The van der Waals surface area contributed by atoms with E-state index in [0.29, 0.717) is 6.04 Å². The van der Waals surface area contributed by atoms with Gasteiger partial charge >= 0.3 is 0 Å². The molecule has 1 atom stereocenters.